The van der Waals surface area contributed by atoms with Crippen molar-refractivity contribution in [2.45, 2.75) is 26.8 Å². The Labute approximate surface area is 160 Å². The van der Waals surface area contributed by atoms with Gasteiger partial charge in [-0.15, -0.1) is 0 Å². The van der Waals surface area contributed by atoms with Crippen LogP contribution in [-0.2, 0) is 13.0 Å². The first-order valence-electron chi connectivity index (χ1n) is 9.27. The number of nitrogens with zero attached hydrogens (tertiary/aromatic N) is 3. The third-order valence-electron chi connectivity index (χ3n) is 4.40. The van der Waals surface area contributed by atoms with Crippen LogP contribution in [0.5, 0.6) is 0 Å². The second-order valence-corrected chi connectivity index (χ2v) is 6.43. The Kier molecular flexibility index (Phi) is 6.36. The Morgan fingerprint density at radius 1 is 1.00 bits per heavy atom. The van der Waals surface area contributed by atoms with Crippen LogP contribution in [0.4, 0.5) is 16.0 Å². The van der Waals surface area contributed by atoms with Crippen LogP contribution in [0.3, 0.4) is 0 Å². The van der Waals surface area contributed by atoms with E-state index in [1.54, 1.807) is 6.07 Å². The van der Waals surface area contributed by atoms with Crippen LogP contribution < -0.4 is 10.2 Å². The fourth-order valence-electron chi connectivity index (χ4n) is 2.99. The average Bonchev–Trinajstić information content (AvgIpc) is 2.68. The lowest BCUT2D eigenvalue weighted by Crippen LogP contribution is -2.24. The van der Waals surface area contributed by atoms with E-state index in [4.69, 9.17) is 0 Å². The molecule has 1 aromatic heterocycles. The zero-order valence-corrected chi connectivity index (χ0v) is 15.8. The van der Waals surface area contributed by atoms with Gasteiger partial charge >= 0.3 is 0 Å². The number of anilines is 2. The molecule has 0 fully saturated rings. The third-order valence-corrected chi connectivity index (χ3v) is 4.40. The quantitative estimate of drug-likeness (QED) is 0.634. The highest BCUT2D eigenvalue weighted by molar-refractivity contribution is 5.50. The Balaban J connectivity index is 1.68. The van der Waals surface area contributed by atoms with Crippen molar-refractivity contribution in [3.05, 3.63) is 83.4 Å². The molecule has 0 aliphatic rings. The van der Waals surface area contributed by atoms with Crippen molar-refractivity contribution in [1.82, 2.24) is 9.97 Å². The Morgan fingerprint density at radius 2 is 1.74 bits per heavy atom. The lowest BCUT2D eigenvalue weighted by molar-refractivity contribution is 0.610. The zero-order valence-electron chi connectivity index (χ0n) is 15.8. The van der Waals surface area contributed by atoms with E-state index in [2.05, 4.69) is 39.2 Å². The van der Waals surface area contributed by atoms with Crippen molar-refractivity contribution >= 4 is 11.6 Å². The van der Waals surface area contributed by atoms with E-state index in [1.807, 2.05) is 43.3 Å². The zero-order chi connectivity index (χ0) is 19.1. The van der Waals surface area contributed by atoms with Crippen molar-refractivity contribution in [2.24, 2.45) is 0 Å². The van der Waals surface area contributed by atoms with Gasteiger partial charge in [0, 0.05) is 25.7 Å². The molecule has 5 heteroatoms. The third kappa shape index (κ3) is 5.26. The van der Waals surface area contributed by atoms with Gasteiger partial charge in [0.2, 0.25) is 0 Å². The van der Waals surface area contributed by atoms with Gasteiger partial charge in [0.15, 0.2) is 0 Å². The molecule has 1 N–H and O–H groups in total. The lowest BCUT2D eigenvalue weighted by Gasteiger charge is -2.23. The maximum atomic E-state index is 13.7. The molecule has 0 atom stereocenters. The lowest BCUT2D eigenvalue weighted by atomic mass is 10.1. The number of hydrogen-bond donors (Lipinski definition) is 1. The predicted octanol–water partition coefficient (Wildman–Crippen LogP) is 4.61. The predicted molar refractivity (Wildman–Crippen MR) is 109 cm³/mol. The standard InChI is InChI=1S/C22H25FN4/c1-3-27(16-18-9-5-4-6-10-18)22-15-21(25-17(2)26-22)24-14-13-19-11-7-8-12-20(19)23/h4-12,15H,3,13-14,16H2,1-2H3,(H,24,25,26). The van der Waals surface area contributed by atoms with Gasteiger partial charge in [-0.3, -0.25) is 0 Å². The van der Waals surface area contributed by atoms with Gasteiger partial charge in [0.25, 0.3) is 0 Å². The van der Waals surface area contributed by atoms with E-state index in [0.717, 1.165) is 24.7 Å². The summed E-state index contributed by atoms with van der Waals surface area (Å²) in [6, 6.07) is 19.2. The van der Waals surface area contributed by atoms with Crippen LogP contribution in [0.15, 0.2) is 60.7 Å². The first-order chi connectivity index (χ1) is 13.2. The second kappa shape index (κ2) is 9.12. The van der Waals surface area contributed by atoms with Gasteiger partial charge in [0.1, 0.15) is 23.3 Å². The van der Waals surface area contributed by atoms with Crippen molar-refractivity contribution in [3.63, 3.8) is 0 Å². The van der Waals surface area contributed by atoms with E-state index in [0.29, 0.717) is 24.4 Å². The molecule has 140 valence electrons. The van der Waals surface area contributed by atoms with Gasteiger partial charge in [-0.1, -0.05) is 48.5 Å². The van der Waals surface area contributed by atoms with E-state index < -0.39 is 0 Å². The molecule has 4 nitrogen and oxygen atoms in total. The molecule has 0 bridgehead atoms. The summed E-state index contributed by atoms with van der Waals surface area (Å²) >= 11 is 0. The second-order valence-electron chi connectivity index (χ2n) is 6.43. The summed E-state index contributed by atoms with van der Waals surface area (Å²) in [5, 5.41) is 3.30. The number of aryl methyl sites for hydroxylation is 1. The molecule has 0 saturated carbocycles. The largest absolute Gasteiger partial charge is 0.370 e. The number of halogens is 1. The minimum Gasteiger partial charge on any atom is -0.370 e. The highest BCUT2D eigenvalue weighted by atomic mass is 19.1. The van der Waals surface area contributed by atoms with E-state index in [1.165, 1.54) is 11.6 Å². The normalized spacial score (nSPS) is 10.6. The van der Waals surface area contributed by atoms with Crippen LogP contribution in [0.25, 0.3) is 0 Å². The molecule has 3 aromatic rings. The summed E-state index contributed by atoms with van der Waals surface area (Å²) < 4.78 is 13.7. The summed E-state index contributed by atoms with van der Waals surface area (Å²) in [6.45, 7) is 6.26. The fourth-order valence-corrected chi connectivity index (χ4v) is 2.99. The summed E-state index contributed by atoms with van der Waals surface area (Å²) in [4.78, 5) is 11.3. The van der Waals surface area contributed by atoms with Crippen LogP contribution in [0.1, 0.15) is 23.9 Å². The van der Waals surface area contributed by atoms with Crippen LogP contribution >= 0.6 is 0 Å². The van der Waals surface area contributed by atoms with Gasteiger partial charge in [-0.05, 0) is 37.5 Å². The maximum absolute atomic E-state index is 13.7. The number of benzene rings is 2. The van der Waals surface area contributed by atoms with Gasteiger partial charge in [0.05, 0.1) is 0 Å². The molecule has 0 aliphatic heterocycles. The van der Waals surface area contributed by atoms with Crippen LogP contribution in [-0.4, -0.2) is 23.1 Å². The molecule has 3 rings (SSSR count). The van der Waals surface area contributed by atoms with Crippen molar-refractivity contribution in [3.8, 4) is 0 Å². The van der Waals surface area contributed by atoms with Crippen LogP contribution in [0, 0.1) is 12.7 Å². The van der Waals surface area contributed by atoms with Crippen molar-refractivity contribution in [1.29, 1.82) is 0 Å². The number of rotatable bonds is 8. The molecule has 0 saturated heterocycles. The fraction of sp³-hybridized carbons (Fsp3) is 0.273. The summed E-state index contributed by atoms with van der Waals surface area (Å²) in [6.07, 6.45) is 0.604. The number of nitrogens with one attached hydrogen (secondary N) is 1. The topological polar surface area (TPSA) is 41.0 Å². The number of hydrogen-bond acceptors (Lipinski definition) is 4. The minimum absolute atomic E-state index is 0.168. The van der Waals surface area contributed by atoms with Gasteiger partial charge < -0.3 is 10.2 Å². The Hall–Kier alpha value is -2.95. The summed E-state index contributed by atoms with van der Waals surface area (Å²) in [5.41, 5.74) is 1.94. The number of aromatic nitrogens is 2. The Morgan fingerprint density at radius 3 is 2.48 bits per heavy atom. The minimum atomic E-state index is -0.168. The molecule has 0 amide bonds. The van der Waals surface area contributed by atoms with Gasteiger partial charge in [-0.2, -0.15) is 0 Å². The smallest absolute Gasteiger partial charge is 0.134 e. The summed E-state index contributed by atoms with van der Waals surface area (Å²) in [7, 11) is 0. The Bertz CT molecular complexity index is 867. The average molecular weight is 364 g/mol. The molecular formula is C22H25FN4. The van der Waals surface area contributed by atoms with Crippen molar-refractivity contribution in [2.75, 3.05) is 23.3 Å². The molecular weight excluding hydrogens is 339 g/mol. The molecule has 2 aromatic carbocycles. The molecule has 27 heavy (non-hydrogen) atoms. The molecule has 0 spiro atoms. The molecule has 0 radical (unpaired) electrons. The molecule has 1 heterocycles. The highest BCUT2D eigenvalue weighted by Crippen LogP contribution is 2.18. The first-order valence-corrected chi connectivity index (χ1v) is 9.27. The highest BCUT2D eigenvalue weighted by Gasteiger charge is 2.10. The van der Waals surface area contributed by atoms with E-state index in [9.17, 15) is 4.39 Å². The van der Waals surface area contributed by atoms with E-state index in [-0.39, 0.29) is 5.82 Å². The summed E-state index contributed by atoms with van der Waals surface area (Å²) in [5.74, 6) is 2.20. The van der Waals surface area contributed by atoms with Crippen molar-refractivity contribution < 1.29 is 4.39 Å². The molecule has 0 unspecified atom stereocenters. The first kappa shape index (κ1) is 18.8. The van der Waals surface area contributed by atoms with E-state index >= 15 is 0 Å². The van der Waals surface area contributed by atoms with Gasteiger partial charge in [-0.25, -0.2) is 14.4 Å². The van der Waals surface area contributed by atoms with Crippen LogP contribution in [0.2, 0.25) is 0 Å². The monoisotopic (exact) mass is 364 g/mol. The maximum Gasteiger partial charge on any atom is 0.134 e. The molecule has 0 aliphatic carbocycles. The SMILES string of the molecule is CCN(Cc1ccccc1)c1cc(NCCc2ccccc2F)nc(C)n1.